The van der Waals surface area contributed by atoms with E-state index in [2.05, 4.69) is 20.2 Å². The van der Waals surface area contributed by atoms with E-state index in [1.807, 2.05) is 41.9 Å². The fourth-order valence-electron chi connectivity index (χ4n) is 3.25. The molecule has 1 saturated heterocycles. The van der Waals surface area contributed by atoms with Crippen molar-refractivity contribution in [3.8, 4) is 11.4 Å². The first-order chi connectivity index (χ1) is 13.2. The summed E-state index contributed by atoms with van der Waals surface area (Å²) in [4.78, 5) is 27.9. The van der Waals surface area contributed by atoms with Gasteiger partial charge in [-0.05, 0) is 43.3 Å². The molecule has 0 aliphatic carbocycles. The number of thiophene rings is 1. The summed E-state index contributed by atoms with van der Waals surface area (Å²) in [5.74, 6) is 1.65. The predicted molar refractivity (Wildman–Crippen MR) is 107 cm³/mol. The minimum absolute atomic E-state index is 0.0199. The van der Waals surface area contributed by atoms with Gasteiger partial charge in [-0.1, -0.05) is 0 Å². The van der Waals surface area contributed by atoms with Crippen molar-refractivity contribution in [1.82, 2.24) is 20.3 Å². The zero-order valence-corrected chi connectivity index (χ0v) is 15.9. The van der Waals surface area contributed by atoms with Crippen LogP contribution in [0.15, 0.2) is 47.4 Å². The summed E-state index contributed by atoms with van der Waals surface area (Å²) >= 11 is 1.54. The average Bonchev–Trinajstić information content (AvgIpc) is 3.24. The van der Waals surface area contributed by atoms with E-state index in [1.165, 1.54) is 0 Å². The molecule has 3 aromatic heterocycles. The van der Waals surface area contributed by atoms with Crippen molar-refractivity contribution in [2.45, 2.75) is 25.8 Å². The molecule has 3 aromatic rings. The van der Waals surface area contributed by atoms with Gasteiger partial charge < -0.3 is 10.2 Å². The number of carbonyl (C=O) groups excluding carboxylic acids is 1. The molecule has 1 aliphatic heterocycles. The molecule has 4 heterocycles. The Morgan fingerprint density at radius 3 is 2.81 bits per heavy atom. The summed E-state index contributed by atoms with van der Waals surface area (Å²) in [5, 5.41) is 6.95. The summed E-state index contributed by atoms with van der Waals surface area (Å²) < 4.78 is 0. The van der Waals surface area contributed by atoms with Gasteiger partial charge in [0.05, 0.1) is 0 Å². The van der Waals surface area contributed by atoms with E-state index in [-0.39, 0.29) is 11.9 Å². The van der Waals surface area contributed by atoms with E-state index < -0.39 is 0 Å². The highest BCUT2D eigenvalue weighted by molar-refractivity contribution is 7.08. The van der Waals surface area contributed by atoms with Crippen LogP contribution in [0.25, 0.3) is 11.4 Å². The summed E-state index contributed by atoms with van der Waals surface area (Å²) in [7, 11) is 0. The van der Waals surface area contributed by atoms with Crippen LogP contribution >= 0.6 is 11.3 Å². The Kier molecular flexibility index (Phi) is 5.11. The Hall–Kier alpha value is -2.80. The van der Waals surface area contributed by atoms with Crippen LogP contribution in [0.5, 0.6) is 0 Å². The van der Waals surface area contributed by atoms with E-state index in [9.17, 15) is 4.79 Å². The van der Waals surface area contributed by atoms with Gasteiger partial charge in [-0.25, -0.2) is 9.97 Å². The molecule has 0 radical (unpaired) electrons. The molecule has 1 N–H and O–H groups in total. The van der Waals surface area contributed by atoms with Gasteiger partial charge in [-0.2, -0.15) is 11.3 Å². The maximum Gasteiger partial charge on any atom is 0.252 e. The molecule has 6 nitrogen and oxygen atoms in total. The number of nitrogens with zero attached hydrogens (tertiary/aromatic N) is 4. The number of amides is 1. The summed E-state index contributed by atoms with van der Waals surface area (Å²) in [6.07, 6.45) is 5.34. The molecule has 1 aliphatic rings. The van der Waals surface area contributed by atoms with E-state index >= 15 is 0 Å². The first-order valence-corrected chi connectivity index (χ1v) is 9.97. The highest BCUT2D eigenvalue weighted by atomic mass is 32.1. The maximum absolute atomic E-state index is 12.2. The third-order valence-corrected chi connectivity index (χ3v) is 5.38. The largest absolute Gasteiger partial charge is 0.356 e. The van der Waals surface area contributed by atoms with Crippen LogP contribution in [0.4, 0.5) is 5.82 Å². The molecule has 0 saturated carbocycles. The SMILES string of the molecule is Cc1cc(N2CCC(NC(=O)c3ccsc3)CC2)nc(-c2cccnc2)n1. The Morgan fingerprint density at radius 2 is 2.11 bits per heavy atom. The van der Waals surface area contributed by atoms with Crippen LogP contribution < -0.4 is 10.2 Å². The lowest BCUT2D eigenvalue weighted by atomic mass is 10.0. The second-order valence-corrected chi connectivity index (χ2v) is 7.46. The fraction of sp³-hybridized carbons (Fsp3) is 0.300. The molecule has 7 heteroatoms. The molecule has 0 aromatic carbocycles. The second kappa shape index (κ2) is 7.84. The van der Waals surface area contributed by atoms with Gasteiger partial charge >= 0.3 is 0 Å². The van der Waals surface area contributed by atoms with Crippen LogP contribution in [-0.4, -0.2) is 40.0 Å². The summed E-state index contributed by atoms with van der Waals surface area (Å²) in [5.41, 5.74) is 2.60. The van der Waals surface area contributed by atoms with Gasteiger partial charge in [-0.15, -0.1) is 0 Å². The minimum atomic E-state index is 0.0199. The smallest absolute Gasteiger partial charge is 0.252 e. The molecule has 27 heavy (non-hydrogen) atoms. The van der Waals surface area contributed by atoms with Crippen molar-refractivity contribution in [2.24, 2.45) is 0 Å². The number of nitrogens with one attached hydrogen (secondary N) is 1. The van der Waals surface area contributed by atoms with Crippen molar-refractivity contribution in [1.29, 1.82) is 0 Å². The lowest BCUT2D eigenvalue weighted by molar-refractivity contribution is 0.0931. The number of pyridine rings is 1. The molecule has 138 valence electrons. The van der Waals surface area contributed by atoms with E-state index in [0.717, 1.165) is 48.6 Å². The molecule has 4 rings (SSSR count). The van der Waals surface area contributed by atoms with Gasteiger partial charge in [0, 0.05) is 59.8 Å². The molecular weight excluding hydrogens is 358 g/mol. The van der Waals surface area contributed by atoms with E-state index in [1.54, 1.807) is 23.7 Å². The maximum atomic E-state index is 12.2. The van der Waals surface area contributed by atoms with Crippen LogP contribution in [0, 0.1) is 6.92 Å². The minimum Gasteiger partial charge on any atom is -0.356 e. The number of hydrogen-bond donors (Lipinski definition) is 1. The third-order valence-electron chi connectivity index (χ3n) is 4.70. The quantitative estimate of drug-likeness (QED) is 0.753. The molecule has 1 amide bonds. The van der Waals surface area contributed by atoms with Gasteiger partial charge in [0.2, 0.25) is 0 Å². The Labute approximate surface area is 162 Å². The number of piperidine rings is 1. The van der Waals surface area contributed by atoms with Crippen LogP contribution in [0.3, 0.4) is 0 Å². The average molecular weight is 379 g/mol. The number of rotatable bonds is 4. The standard InChI is InChI=1S/C20H21N5OS/c1-14-11-18(24-19(22-14)15-3-2-7-21-12-15)25-8-4-17(5-9-25)23-20(26)16-6-10-27-13-16/h2-3,6-7,10-13,17H,4-5,8-9H2,1H3,(H,23,26). The van der Waals surface area contributed by atoms with Crippen LogP contribution in [-0.2, 0) is 0 Å². The first kappa shape index (κ1) is 17.6. The number of hydrogen-bond acceptors (Lipinski definition) is 6. The highest BCUT2D eigenvalue weighted by Gasteiger charge is 2.22. The second-order valence-electron chi connectivity index (χ2n) is 6.68. The van der Waals surface area contributed by atoms with Crippen molar-refractivity contribution < 1.29 is 4.79 Å². The van der Waals surface area contributed by atoms with Crippen molar-refractivity contribution >= 4 is 23.1 Å². The van der Waals surface area contributed by atoms with Crippen LogP contribution in [0.1, 0.15) is 28.9 Å². The number of anilines is 1. The van der Waals surface area contributed by atoms with Gasteiger partial charge in [-0.3, -0.25) is 9.78 Å². The fourth-order valence-corrected chi connectivity index (χ4v) is 3.89. The number of aromatic nitrogens is 3. The first-order valence-electron chi connectivity index (χ1n) is 9.03. The van der Waals surface area contributed by atoms with Gasteiger partial charge in [0.1, 0.15) is 5.82 Å². The van der Waals surface area contributed by atoms with E-state index in [4.69, 9.17) is 4.98 Å². The highest BCUT2D eigenvalue weighted by Crippen LogP contribution is 2.22. The summed E-state index contributed by atoms with van der Waals surface area (Å²) in [6, 6.07) is 7.94. The predicted octanol–water partition coefficient (Wildman–Crippen LogP) is 3.31. The zero-order chi connectivity index (χ0) is 18.6. The molecule has 0 spiro atoms. The molecular formula is C20H21N5OS. The lowest BCUT2D eigenvalue weighted by Crippen LogP contribution is -2.45. The zero-order valence-electron chi connectivity index (χ0n) is 15.1. The Balaban J connectivity index is 1.42. The monoisotopic (exact) mass is 379 g/mol. The Bertz CT molecular complexity index is 905. The van der Waals surface area contributed by atoms with Gasteiger partial charge in [0.25, 0.3) is 5.91 Å². The molecule has 1 fully saturated rings. The third kappa shape index (κ3) is 4.14. The van der Waals surface area contributed by atoms with Crippen LogP contribution in [0.2, 0.25) is 0 Å². The molecule has 0 atom stereocenters. The van der Waals surface area contributed by atoms with Crippen molar-refractivity contribution in [2.75, 3.05) is 18.0 Å². The number of aryl methyl sites for hydroxylation is 1. The van der Waals surface area contributed by atoms with Crippen molar-refractivity contribution in [3.63, 3.8) is 0 Å². The van der Waals surface area contributed by atoms with Crippen molar-refractivity contribution in [3.05, 3.63) is 58.7 Å². The normalized spacial score (nSPS) is 14.9. The summed E-state index contributed by atoms with van der Waals surface area (Å²) in [6.45, 7) is 3.70. The lowest BCUT2D eigenvalue weighted by Gasteiger charge is -2.33. The number of carbonyl (C=O) groups is 1. The molecule has 0 bridgehead atoms. The van der Waals surface area contributed by atoms with Gasteiger partial charge in [0.15, 0.2) is 5.82 Å². The van der Waals surface area contributed by atoms with E-state index in [0.29, 0.717) is 5.82 Å². The Morgan fingerprint density at radius 1 is 1.26 bits per heavy atom. The molecule has 0 unspecified atom stereocenters. The topological polar surface area (TPSA) is 71.0 Å².